The second kappa shape index (κ2) is 8.81. The van der Waals surface area contributed by atoms with Crippen LogP contribution in [0.15, 0.2) is 46.9 Å². The third-order valence-corrected chi connectivity index (χ3v) is 4.08. The van der Waals surface area contributed by atoms with Gasteiger partial charge in [0.15, 0.2) is 29.0 Å². The van der Waals surface area contributed by atoms with Gasteiger partial charge in [0.05, 0.1) is 0 Å². The van der Waals surface area contributed by atoms with E-state index in [1.54, 1.807) is 5.32 Å². The van der Waals surface area contributed by atoms with Crippen molar-refractivity contribution in [1.29, 1.82) is 0 Å². The van der Waals surface area contributed by atoms with Gasteiger partial charge < -0.3 is 14.5 Å². The Morgan fingerprint density at radius 3 is 2.28 bits per heavy atom. The standard InChI is InChI=1S/C21H17F4NO3/c1-2-3-12-4-6-13(7-5-12)28-11-14-8-9-17(29-14)21(27)26-20-18(24)15(22)10-16(23)19(20)25/h4-10H,2-3,11H2,1H3,(H,26,27). The number of aryl methyl sites for hydroxylation is 1. The maximum atomic E-state index is 13.7. The fourth-order valence-corrected chi connectivity index (χ4v) is 2.63. The number of furan rings is 1. The van der Waals surface area contributed by atoms with Crippen molar-refractivity contribution in [2.75, 3.05) is 5.32 Å². The summed E-state index contributed by atoms with van der Waals surface area (Å²) in [6.45, 7) is 2.10. The summed E-state index contributed by atoms with van der Waals surface area (Å²) in [5.41, 5.74) is -0.0427. The molecule has 0 saturated carbocycles. The number of ether oxygens (including phenoxy) is 1. The molecule has 0 fully saturated rings. The summed E-state index contributed by atoms with van der Waals surface area (Å²) >= 11 is 0. The number of benzene rings is 2. The molecular weight excluding hydrogens is 390 g/mol. The Kier molecular flexibility index (Phi) is 6.21. The lowest BCUT2D eigenvalue weighted by atomic mass is 10.1. The van der Waals surface area contributed by atoms with Crippen molar-refractivity contribution >= 4 is 11.6 Å². The van der Waals surface area contributed by atoms with E-state index in [1.807, 2.05) is 24.3 Å². The Morgan fingerprint density at radius 1 is 1.00 bits per heavy atom. The maximum Gasteiger partial charge on any atom is 0.291 e. The van der Waals surface area contributed by atoms with Gasteiger partial charge in [-0.05, 0) is 36.2 Å². The Balaban J connectivity index is 1.65. The van der Waals surface area contributed by atoms with Crippen LogP contribution in [0.1, 0.15) is 35.2 Å². The van der Waals surface area contributed by atoms with Crippen molar-refractivity contribution in [2.24, 2.45) is 0 Å². The summed E-state index contributed by atoms with van der Waals surface area (Å²) in [4.78, 5) is 12.1. The molecule has 3 aromatic rings. The highest BCUT2D eigenvalue weighted by Crippen LogP contribution is 2.25. The number of anilines is 1. The van der Waals surface area contributed by atoms with Crippen LogP contribution in [0, 0.1) is 23.3 Å². The second-order valence-electron chi connectivity index (χ2n) is 6.25. The molecule has 8 heteroatoms. The summed E-state index contributed by atoms with van der Waals surface area (Å²) in [6, 6.07) is 10.3. The van der Waals surface area contributed by atoms with Crippen molar-refractivity contribution in [3.63, 3.8) is 0 Å². The largest absolute Gasteiger partial charge is 0.486 e. The van der Waals surface area contributed by atoms with Gasteiger partial charge in [-0.1, -0.05) is 25.5 Å². The molecule has 0 radical (unpaired) electrons. The zero-order valence-electron chi connectivity index (χ0n) is 15.4. The van der Waals surface area contributed by atoms with Crippen molar-refractivity contribution in [3.8, 4) is 5.75 Å². The van der Waals surface area contributed by atoms with Gasteiger partial charge in [0.2, 0.25) is 0 Å². The molecule has 0 bridgehead atoms. The molecule has 4 nitrogen and oxygen atoms in total. The molecule has 1 N–H and O–H groups in total. The molecule has 1 amide bonds. The number of hydrogen-bond donors (Lipinski definition) is 1. The molecule has 1 heterocycles. The number of carbonyl (C=O) groups is 1. The van der Waals surface area contributed by atoms with Crippen LogP contribution in [0.3, 0.4) is 0 Å². The maximum absolute atomic E-state index is 13.7. The monoisotopic (exact) mass is 407 g/mol. The molecule has 152 valence electrons. The van der Waals surface area contributed by atoms with Gasteiger partial charge in [-0.15, -0.1) is 0 Å². The van der Waals surface area contributed by atoms with E-state index in [0.717, 1.165) is 12.8 Å². The van der Waals surface area contributed by atoms with Crippen LogP contribution >= 0.6 is 0 Å². The smallest absolute Gasteiger partial charge is 0.291 e. The number of rotatable bonds is 7. The van der Waals surface area contributed by atoms with Crippen LogP contribution in [0.5, 0.6) is 5.75 Å². The first-order valence-electron chi connectivity index (χ1n) is 8.83. The minimum atomic E-state index is -1.71. The van der Waals surface area contributed by atoms with Crippen molar-refractivity contribution in [2.45, 2.75) is 26.4 Å². The molecule has 0 aliphatic heterocycles. The van der Waals surface area contributed by atoms with Gasteiger partial charge in [-0.2, -0.15) is 0 Å². The quantitative estimate of drug-likeness (QED) is 0.409. The van der Waals surface area contributed by atoms with E-state index < -0.39 is 34.9 Å². The molecule has 29 heavy (non-hydrogen) atoms. The molecule has 0 atom stereocenters. The van der Waals surface area contributed by atoms with Crippen molar-refractivity contribution in [3.05, 3.63) is 82.8 Å². The molecule has 0 aliphatic carbocycles. The zero-order chi connectivity index (χ0) is 21.0. The molecular formula is C21H17F4NO3. The summed E-state index contributed by atoms with van der Waals surface area (Å²) in [5.74, 6) is -7.16. The normalized spacial score (nSPS) is 10.8. The predicted octanol–water partition coefficient (Wildman–Crippen LogP) is 5.62. The van der Waals surface area contributed by atoms with Crippen molar-refractivity contribution < 1.29 is 31.5 Å². The van der Waals surface area contributed by atoms with Crippen molar-refractivity contribution in [1.82, 2.24) is 0 Å². The summed E-state index contributed by atoms with van der Waals surface area (Å²) in [6.07, 6.45) is 2.00. The summed E-state index contributed by atoms with van der Waals surface area (Å²) in [5, 5.41) is 1.78. The predicted molar refractivity (Wildman–Crippen MR) is 97.7 cm³/mol. The SMILES string of the molecule is CCCc1ccc(OCc2ccc(C(=O)Nc3c(F)c(F)cc(F)c3F)o2)cc1. The second-order valence-corrected chi connectivity index (χ2v) is 6.25. The average Bonchev–Trinajstić information content (AvgIpc) is 3.18. The average molecular weight is 407 g/mol. The first-order chi connectivity index (χ1) is 13.9. The van der Waals surface area contributed by atoms with E-state index in [9.17, 15) is 22.4 Å². The lowest BCUT2D eigenvalue weighted by Crippen LogP contribution is -2.15. The van der Waals surface area contributed by atoms with E-state index >= 15 is 0 Å². The van der Waals surface area contributed by atoms with E-state index in [-0.39, 0.29) is 24.2 Å². The molecule has 0 spiro atoms. The van der Waals surface area contributed by atoms with Gasteiger partial charge in [0, 0.05) is 6.07 Å². The number of carbonyl (C=O) groups excluding carboxylic acids is 1. The third-order valence-electron chi connectivity index (χ3n) is 4.08. The molecule has 3 rings (SSSR count). The van der Waals surface area contributed by atoms with E-state index in [2.05, 4.69) is 6.92 Å². The lowest BCUT2D eigenvalue weighted by Gasteiger charge is -2.08. The highest BCUT2D eigenvalue weighted by molar-refractivity contribution is 6.02. The fourth-order valence-electron chi connectivity index (χ4n) is 2.63. The highest BCUT2D eigenvalue weighted by atomic mass is 19.2. The topological polar surface area (TPSA) is 51.5 Å². The minimum Gasteiger partial charge on any atom is -0.486 e. The molecule has 0 saturated heterocycles. The number of hydrogen-bond acceptors (Lipinski definition) is 3. The van der Waals surface area contributed by atoms with Gasteiger partial charge >= 0.3 is 0 Å². The number of amides is 1. The molecule has 1 aromatic heterocycles. The van der Waals surface area contributed by atoms with Crippen LogP contribution in [0.4, 0.5) is 23.2 Å². The lowest BCUT2D eigenvalue weighted by molar-refractivity contribution is 0.0991. The van der Waals surface area contributed by atoms with Crippen LogP contribution in [0.2, 0.25) is 0 Å². The fraction of sp³-hybridized carbons (Fsp3) is 0.190. The number of halogens is 4. The van der Waals surface area contributed by atoms with Gasteiger partial charge in [-0.25, -0.2) is 17.6 Å². The van der Waals surface area contributed by atoms with E-state index in [0.29, 0.717) is 5.75 Å². The van der Waals surface area contributed by atoms with Crippen LogP contribution < -0.4 is 10.1 Å². The summed E-state index contributed by atoms with van der Waals surface area (Å²) in [7, 11) is 0. The van der Waals surface area contributed by atoms with Gasteiger partial charge in [0.25, 0.3) is 5.91 Å². The van der Waals surface area contributed by atoms with E-state index in [1.165, 1.54) is 17.7 Å². The first-order valence-corrected chi connectivity index (χ1v) is 8.83. The molecule has 2 aromatic carbocycles. The minimum absolute atomic E-state index is 0.0116. The summed E-state index contributed by atoms with van der Waals surface area (Å²) < 4.78 is 64.6. The Hall–Kier alpha value is -3.29. The van der Waals surface area contributed by atoms with E-state index in [4.69, 9.17) is 9.15 Å². The Bertz CT molecular complexity index is 989. The van der Waals surface area contributed by atoms with Gasteiger partial charge in [0.1, 0.15) is 23.8 Å². The molecule has 0 aliphatic rings. The highest BCUT2D eigenvalue weighted by Gasteiger charge is 2.22. The zero-order valence-corrected chi connectivity index (χ0v) is 15.4. The number of nitrogens with one attached hydrogen (secondary N) is 1. The van der Waals surface area contributed by atoms with Gasteiger partial charge in [-0.3, -0.25) is 4.79 Å². The van der Waals surface area contributed by atoms with Crippen LogP contribution in [-0.4, -0.2) is 5.91 Å². The Morgan fingerprint density at radius 2 is 1.66 bits per heavy atom. The molecule has 0 unspecified atom stereocenters. The van der Waals surface area contributed by atoms with Crippen LogP contribution in [-0.2, 0) is 13.0 Å². The third kappa shape index (κ3) is 4.77. The first kappa shape index (κ1) is 20.4. The van der Waals surface area contributed by atoms with Crippen LogP contribution in [0.25, 0.3) is 0 Å². The Labute approximate surface area is 164 Å².